The second-order valence-electron chi connectivity index (χ2n) is 5.48. The Morgan fingerprint density at radius 2 is 2.00 bits per heavy atom. The molecule has 1 heterocycles. The highest BCUT2D eigenvalue weighted by molar-refractivity contribution is 5.97. The van der Waals surface area contributed by atoms with Crippen LogP contribution in [0.1, 0.15) is 26.7 Å². The molecule has 0 spiro atoms. The van der Waals surface area contributed by atoms with Gasteiger partial charge in [-0.25, -0.2) is 0 Å². The zero-order valence-electron chi connectivity index (χ0n) is 12.6. The largest absolute Gasteiger partial charge is 0.494 e. The van der Waals surface area contributed by atoms with Crippen LogP contribution in [0.4, 0.5) is 0 Å². The van der Waals surface area contributed by atoms with Gasteiger partial charge in [0.25, 0.3) is 0 Å². The van der Waals surface area contributed by atoms with Crippen LogP contribution in [0.2, 0.25) is 0 Å². The number of nitrogens with one attached hydrogen (secondary N) is 1. The van der Waals surface area contributed by atoms with Gasteiger partial charge in [-0.15, -0.1) is 0 Å². The highest BCUT2D eigenvalue weighted by Gasteiger charge is 2.41. The Labute approximate surface area is 125 Å². The average Bonchev–Trinajstić information content (AvgIpc) is 2.49. The predicted octanol–water partition coefficient (Wildman–Crippen LogP) is 1.58. The van der Waals surface area contributed by atoms with Crippen LogP contribution in [-0.2, 0) is 9.59 Å². The lowest BCUT2D eigenvalue weighted by Gasteiger charge is -2.39. The maximum Gasteiger partial charge on any atom is 0.248 e. The monoisotopic (exact) mass is 290 g/mol. The highest BCUT2D eigenvalue weighted by atomic mass is 16.5. The molecule has 0 aromatic heterocycles. The van der Waals surface area contributed by atoms with E-state index in [-0.39, 0.29) is 18.4 Å². The lowest BCUT2D eigenvalue weighted by atomic mass is 9.94. The van der Waals surface area contributed by atoms with Crippen molar-refractivity contribution in [3.05, 3.63) is 30.3 Å². The maximum absolute atomic E-state index is 12.4. The van der Waals surface area contributed by atoms with Crippen molar-refractivity contribution in [2.45, 2.75) is 32.2 Å². The SMILES string of the molecule is CCC1(C)NC(=O)CN(CCCOc2ccccc2)C1=O. The molecule has 1 aliphatic heterocycles. The van der Waals surface area contributed by atoms with E-state index in [2.05, 4.69) is 5.32 Å². The lowest BCUT2D eigenvalue weighted by Crippen LogP contribution is -2.65. The van der Waals surface area contributed by atoms with Crippen LogP contribution in [0.3, 0.4) is 0 Å². The van der Waals surface area contributed by atoms with Crippen molar-refractivity contribution in [2.75, 3.05) is 19.7 Å². The van der Waals surface area contributed by atoms with Crippen molar-refractivity contribution in [3.8, 4) is 5.75 Å². The number of carbonyl (C=O) groups excluding carboxylic acids is 2. The fraction of sp³-hybridized carbons (Fsp3) is 0.500. The van der Waals surface area contributed by atoms with Gasteiger partial charge in [-0.1, -0.05) is 25.1 Å². The molecule has 114 valence electrons. The van der Waals surface area contributed by atoms with Crippen LogP contribution in [0, 0.1) is 0 Å². The molecule has 0 aliphatic carbocycles. The normalized spacial score (nSPS) is 22.1. The summed E-state index contributed by atoms with van der Waals surface area (Å²) in [6.07, 6.45) is 1.29. The summed E-state index contributed by atoms with van der Waals surface area (Å²) in [5, 5.41) is 2.78. The molecule has 1 fully saturated rings. The predicted molar refractivity (Wildman–Crippen MR) is 80.0 cm³/mol. The number of para-hydroxylation sites is 1. The minimum Gasteiger partial charge on any atom is -0.494 e. The van der Waals surface area contributed by atoms with Gasteiger partial charge < -0.3 is 15.0 Å². The van der Waals surface area contributed by atoms with E-state index in [1.165, 1.54) is 0 Å². The highest BCUT2D eigenvalue weighted by Crippen LogP contribution is 2.18. The third kappa shape index (κ3) is 3.74. The number of hydrogen-bond acceptors (Lipinski definition) is 3. The number of benzene rings is 1. The smallest absolute Gasteiger partial charge is 0.248 e. The molecule has 1 aromatic rings. The van der Waals surface area contributed by atoms with Crippen LogP contribution >= 0.6 is 0 Å². The molecule has 21 heavy (non-hydrogen) atoms. The summed E-state index contributed by atoms with van der Waals surface area (Å²) in [4.78, 5) is 25.7. The molecule has 5 nitrogen and oxygen atoms in total. The first-order valence-corrected chi connectivity index (χ1v) is 7.33. The number of rotatable bonds is 6. The second-order valence-corrected chi connectivity index (χ2v) is 5.48. The number of piperazine rings is 1. The quantitative estimate of drug-likeness (QED) is 0.809. The number of amides is 2. The molecule has 5 heteroatoms. The first-order chi connectivity index (χ1) is 10.0. The molecule has 1 N–H and O–H groups in total. The summed E-state index contributed by atoms with van der Waals surface area (Å²) in [5.74, 6) is 0.714. The zero-order valence-corrected chi connectivity index (χ0v) is 12.6. The Balaban J connectivity index is 1.82. The molecule has 0 saturated carbocycles. The van der Waals surface area contributed by atoms with Gasteiger partial charge in [0.1, 0.15) is 11.3 Å². The maximum atomic E-state index is 12.4. The summed E-state index contributed by atoms with van der Waals surface area (Å²) < 4.78 is 5.60. The Bertz CT molecular complexity index is 504. The average molecular weight is 290 g/mol. The molecule has 1 aromatic carbocycles. The van der Waals surface area contributed by atoms with Gasteiger partial charge in [0, 0.05) is 6.54 Å². The minimum atomic E-state index is -0.768. The van der Waals surface area contributed by atoms with E-state index in [0.717, 1.165) is 5.75 Å². The second kappa shape index (κ2) is 6.61. The van der Waals surface area contributed by atoms with Crippen LogP contribution in [0.15, 0.2) is 30.3 Å². The van der Waals surface area contributed by atoms with E-state index < -0.39 is 5.54 Å². The van der Waals surface area contributed by atoms with Crippen LogP contribution in [-0.4, -0.2) is 41.9 Å². The summed E-state index contributed by atoms with van der Waals surface area (Å²) in [6, 6.07) is 9.56. The van der Waals surface area contributed by atoms with Gasteiger partial charge in [0.05, 0.1) is 13.2 Å². The molecule has 1 saturated heterocycles. The summed E-state index contributed by atoms with van der Waals surface area (Å²) >= 11 is 0. The summed E-state index contributed by atoms with van der Waals surface area (Å²) in [5.41, 5.74) is -0.768. The molecular formula is C16H22N2O3. The van der Waals surface area contributed by atoms with E-state index in [1.807, 2.05) is 37.3 Å². The fourth-order valence-electron chi connectivity index (χ4n) is 2.38. The third-order valence-corrected chi connectivity index (χ3v) is 3.80. The van der Waals surface area contributed by atoms with E-state index in [1.54, 1.807) is 11.8 Å². The van der Waals surface area contributed by atoms with Gasteiger partial charge in [-0.2, -0.15) is 0 Å². The number of hydrogen-bond donors (Lipinski definition) is 1. The molecular weight excluding hydrogens is 268 g/mol. The van der Waals surface area contributed by atoms with Crippen molar-refractivity contribution < 1.29 is 14.3 Å². The standard InChI is InChI=1S/C16H22N2O3/c1-3-16(2)15(20)18(12-14(19)17-16)10-7-11-21-13-8-5-4-6-9-13/h4-6,8-9H,3,7,10-12H2,1-2H3,(H,17,19). The Hall–Kier alpha value is -2.04. The Morgan fingerprint density at radius 3 is 2.67 bits per heavy atom. The molecule has 1 unspecified atom stereocenters. The first kappa shape index (κ1) is 15.4. The molecule has 0 bridgehead atoms. The van der Waals surface area contributed by atoms with E-state index in [0.29, 0.717) is 26.0 Å². The molecule has 0 radical (unpaired) electrons. The topological polar surface area (TPSA) is 58.6 Å². The zero-order chi connectivity index (χ0) is 15.3. The van der Waals surface area contributed by atoms with E-state index in [9.17, 15) is 9.59 Å². The molecule has 2 amide bonds. The molecule has 1 atom stereocenters. The molecule has 1 aliphatic rings. The van der Waals surface area contributed by atoms with E-state index >= 15 is 0 Å². The Kier molecular flexibility index (Phi) is 4.83. The first-order valence-electron chi connectivity index (χ1n) is 7.33. The van der Waals surface area contributed by atoms with Gasteiger partial charge in [0.2, 0.25) is 11.8 Å². The number of ether oxygens (including phenoxy) is 1. The third-order valence-electron chi connectivity index (χ3n) is 3.80. The van der Waals surface area contributed by atoms with Crippen molar-refractivity contribution in [1.29, 1.82) is 0 Å². The van der Waals surface area contributed by atoms with Crippen LogP contribution in [0.5, 0.6) is 5.75 Å². The van der Waals surface area contributed by atoms with Crippen molar-refractivity contribution >= 4 is 11.8 Å². The van der Waals surface area contributed by atoms with Crippen LogP contribution in [0.25, 0.3) is 0 Å². The Morgan fingerprint density at radius 1 is 1.29 bits per heavy atom. The number of carbonyl (C=O) groups is 2. The van der Waals surface area contributed by atoms with Gasteiger partial charge >= 0.3 is 0 Å². The van der Waals surface area contributed by atoms with Crippen molar-refractivity contribution in [1.82, 2.24) is 10.2 Å². The van der Waals surface area contributed by atoms with Crippen molar-refractivity contribution in [3.63, 3.8) is 0 Å². The summed E-state index contributed by atoms with van der Waals surface area (Å²) in [6.45, 7) is 4.88. The van der Waals surface area contributed by atoms with Gasteiger partial charge in [-0.05, 0) is 31.9 Å². The number of nitrogens with zero attached hydrogens (tertiary/aromatic N) is 1. The van der Waals surface area contributed by atoms with Gasteiger partial charge in [-0.3, -0.25) is 9.59 Å². The van der Waals surface area contributed by atoms with E-state index in [4.69, 9.17) is 4.74 Å². The van der Waals surface area contributed by atoms with Crippen molar-refractivity contribution in [2.24, 2.45) is 0 Å². The lowest BCUT2D eigenvalue weighted by molar-refractivity contribution is -0.149. The summed E-state index contributed by atoms with van der Waals surface area (Å²) in [7, 11) is 0. The van der Waals surface area contributed by atoms with Crippen LogP contribution < -0.4 is 10.1 Å². The fourth-order valence-corrected chi connectivity index (χ4v) is 2.38. The van der Waals surface area contributed by atoms with Gasteiger partial charge in [0.15, 0.2) is 0 Å². The minimum absolute atomic E-state index is 0.00990. The molecule has 2 rings (SSSR count).